The zero-order valence-electron chi connectivity index (χ0n) is 11.4. The van der Waals surface area contributed by atoms with Gasteiger partial charge in [0.05, 0.1) is 10.5 Å². The lowest BCUT2D eigenvalue weighted by Gasteiger charge is -2.22. The van der Waals surface area contributed by atoms with E-state index >= 15 is 0 Å². The lowest BCUT2D eigenvalue weighted by Crippen LogP contribution is -2.25. The SMILES string of the molecule is CCNC(c1ccccc1C)c1c(F)ccc(Br)c1F. The van der Waals surface area contributed by atoms with Crippen LogP contribution in [0.4, 0.5) is 8.78 Å². The van der Waals surface area contributed by atoms with E-state index in [0.717, 1.165) is 11.1 Å². The van der Waals surface area contributed by atoms with E-state index in [1.807, 2.05) is 38.1 Å². The van der Waals surface area contributed by atoms with Crippen molar-refractivity contribution in [1.29, 1.82) is 0 Å². The van der Waals surface area contributed by atoms with Crippen molar-refractivity contribution in [2.75, 3.05) is 6.54 Å². The molecule has 0 bridgehead atoms. The van der Waals surface area contributed by atoms with E-state index < -0.39 is 17.7 Å². The molecule has 0 aliphatic carbocycles. The number of benzene rings is 2. The van der Waals surface area contributed by atoms with Crippen LogP contribution in [0.2, 0.25) is 0 Å². The molecule has 20 heavy (non-hydrogen) atoms. The minimum absolute atomic E-state index is 0.0514. The zero-order valence-corrected chi connectivity index (χ0v) is 13.0. The quantitative estimate of drug-likeness (QED) is 0.793. The Bertz CT molecular complexity index is 613. The molecule has 1 atom stereocenters. The normalized spacial score (nSPS) is 12.4. The van der Waals surface area contributed by atoms with Crippen LogP contribution in [-0.2, 0) is 0 Å². The Kier molecular flexibility index (Phi) is 4.89. The maximum Gasteiger partial charge on any atom is 0.145 e. The molecular formula is C16H16BrF2N. The summed E-state index contributed by atoms with van der Waals surface area (Å²) in [7, 11) is 0. The average Bonchev–Trinajstić information content (AvgIpc) is 2.43. The van der Waals surface area contributed by atoms with Crippen molar-refractivity contribution in [2.45, 2.75) is 19.9 Å². The Morgan fingerprint density at radius 3 is 2.50 bits per heavy atom. The summed E-state index contributed by atoms with van der Waals surface area (Å²) in [4.78, 5) is 0. The molecule has 2 rings (SSSR count). The minimum Gasteiger partial charge on any atom is -0.306 e. The molecule has 1 unspecified atom stereocenters. The number of hydrogen-bond donors (Lipinski definition) is 1. The van der Waals surface area contributed by atoms with Crippen LogP contribution >= 0.6 is 15.9 Å². The second-order valence-corrected chi connectivity index (χ2v) is 5.46. The molecular weight excluding hydrogens is 324 g/mol. The first-order valence-electron chi connectivity index (χ1n) is 6.48. The molecule has 0 spiro atoms. The van der Waals surface area contributed by atoms with Crippen LogP contribution in [0, 0.1) is 18.6 Å². The van der Waals surface area contributed by atoms with E-state index in [0.29, 0.717) is 6.54 Å². The number of rotatable bonds is 4. The lowest BCUT2D eigenvalue weighted by atomic mass is 9.94. The fourth-order valence-corrected chi connectivity index (χ4v) is 2.64. The van der Waals surface area contributed by atoms with Crippen molar-refractivity contribution >= 4 is 15.9 Å². The maximum atomic E-state index is 14.3. The largest absolute Gasteiger partial charge is 0.306 e. The fraction of sp³-hybridized carbons (Fsp3) is 0.250. The number of hydrogen-bond acceptors (Lipinski definition) is 1. The summed E-state index contributed by atoms with van der Waals surface area (Å²) in [6, 6.07) is 9.78. The van der Waals surface area contributed by atoms with E-state index in [2.05, 4.69) is 21.2 Å². The molecule has 0 radical (unpaired) electrons. The maximum absolute atomic E-state index is 14.3. The van der Waals surface area contributed by atoms with Gasteiger partial charge in [0.2, 0.25) is 0 Å². The molecule has 0 aliphatic heterocycles. The molecule has 1 nitrogen and oxygen atoms in total. The van der Waals surface area contributed by atoms with E-state index in [1.54, 1.807) is 0 Å². The summed E-state index contributed by atoms with van der Waals surface area (Å²) >= 11 is 3.12. The van der Waals surface area contributed by atoms with Crippen molar-refractivity contribution < 1.29 is 8.78 Å². The van der Waals surface area contributed by atoms with Crippen molar-refractivity contribution in [3.05, 3.63) is 69.2 Å². The van der Waals surface area contributed by atoms with Gasteiger partial charge in [0.1, 0.15) is 11.6 Å². The van der Waals surface area contributed by atoms with E-state index in [9.17, 15) is 8.78 Å². The minimum atomic E-state index is -0.556. The number of halogens is 3. The smallest absolute Gasteiger partial charge is 0.145 e. The Balaban J connectivity index is 2.61. The van der Waals surface area contributed by atoms with Gasteiger partial charge >= 0.3 is 0 Å². The summed E-state index contributed by atoms with van der Waals surface area (Å²) in [5, 5.41) is 3.16. The molecule has 106 valence electrons. The molecule has 4 heteroatoms. The highest BCUT2D eigenvalue weighted by molar-refractivity contribution is 9.10. The van der Waals surface area contributed by atoms with Gasteiger partial charge in [0, 0.05) is 5.56 Å². The summed E-state index contributed by atoms with van der Waals surface area (Å²) < 4.78 is 28.7. The number of nitrogens with one attached hydrogen (secondary N) is 1. The molecule has 0 aromatic heterocycles. The van der Waals surface area contributed by atoms with Crippen molar-refractivity contribution in [3.63, 3.8) is 0 Å². The van der Waals surface area contributed by atoms with Gasteiger partial charge in [-0.05, 0) is 52.7 Å². The third-order valence-corrected chi connectivity index (χ3v) is 3.89. The summed E-state index contributed by atoms with van der Waals surface area (Å²) in [5.41, 5.74) is 1.93. The Labute approximate surface area is 126 Å². The summed E-state index contributed by atoms with van der Waals surface area (Å²) in [5.74, 6) is -1.10. The molecule has 0 amide bonds. The third kappa shape index (κ3) is 2.91. The first kappa shape index (κ1) is 15.1. The van der Waals surface area contributed by atoms with Crippen molar-refractivity contribution in [3.8, 4) is 0 Å². The highest BCUT2D eigenvalue weighted by atomic mass is 79.9. The summed E-state index contributed by atoms with van der Waals surface area (Å²) in [6.07, 6.45) is 0. The monoisotopic (exact) mass is 339 g/mol. The molecule has 2 aromatic carbocycles. The van der Waals surface area contributed by atoms with Gasteiger partial charge in [-0.1, -0.05) is 31.2 Å². The van der Waals surface area contributed by atoms with Gasteiger partial charge in [-0.25, -0.2) is 8.78 Å². The van der Waals surface area contributed by atoms with Gasteiger partial charge < -0.3 is 5.32 Å². The molecule has 0 saturated heterocycles. The second-order valence-electron chi connectivity index (χ2n) is 4.60. The van der Waals surface area contributed by atoms with Crippen LogP contribution < -0.4 is 5.32 Å². The van der Waals surface area contributed by atoms with E-state index in [4.69, 9.17) is 0 Å². The van der Waals surface area contributed by atoms with Crippen LogP contribution in [0.1, 0.15) is 29.7 Å². The molecule has 1 N–H and O–H groups in total. The predicted molar refractivity (Wildman–Crippen MR) is 80.8 cm³/mol. The molecule has 0 heterocycles. The molecule has 0 aliphatic rings. The zero-order chi connectivity index (χ0) is 14.7. The van der Waals surface area contributed by atoms with Crippen LogP contribution in [0.3, 0.4) is 0 Å². The highest BCUT2D eigenvalue weighted by Crippen LogP contribution is 2.32. The summed E-state index contributed by atoms with van der Waals surface area (Å²) in [6.45, 7) is 4.47. The van der Waals surface area contributed by atoms with Gasteiger partial charge in [-0.15, -0.1) is 0 Å². The number of aryl methyl sites for hydroxylation is 1. The molecule has 0 fully saturated rings. The Morgan fingerprint density at radius 1 is 1.15 bits per heavy atom. The van der Waals surface area contributed by atoms with Crippen LogP contribution in [-0.4, -0.2) is 6.54 Å². The van der Waals surface area contributed by atoms with Gasteiger partial charge in [0.15, 0.2) is 0 Å². The van der Waals surface area contributed by atoms with Gasteiger partial charge in [-0.2, -0.15) is 0 Å². The lowest BCUT2D eigenvalue weighted by molar-refractivity contribution is 0.506. The molecule has 0 saturated carbocycles. The molecule has 2 aromatic rings. The van der Waals surface area contributed by atoms with Crippen molar-refractivity contribution in [1.82, 2.24) is 5.32 Å². The van der Waals surface area contributed by atoms with E-state index in [1.165, 1.54) is 12.1 Å². The van der Waals surface area contributed by atoms with Crippen molar-refractivity contribution in [2.24, 2.45) is 0 Å². The average molecular weight is 340 g/mol. The van der Waals surface area contributed by atoms with Crippen LogP contribution in [0.25, 0.3) is 0 Å². The Morgan fingerprint density at radius 2 is 1.85 bits per heavy atom. The second kappa shape index (κ2) is 6.46. The van der Waals surface area contributed by atoms with Gasteiger partial charge in [0.25, 0.3) is 0 Å². The Hall–Kier alpha value is -1.26. The fourth-order valence-electron chi connectivity index (χ4n) is 2.29. The standard InChI is InChI=1S/C16H16BrF2N/c1-3-20-16(11-7-5-4-6-10(11)2)14-13(18)9-8-12(17)15(14)19/h4-9,16,20H,3H2,1-2H3. The highest BCUT2D eigenvalue weighted by Gasteiger charge is 2.23. The van der Waals surface area contributed by atoms with Gasteiger partial charge in [-0.3, -0.25) is 0 Å². The topological polar surface area (TPSA) is 12.0 Å². The van der Waals surface area contributed by atoms with Crippen LogP contribution in [0.5, 0.6) is 0 Å². The predicted octanol–water partition coefficient (Wildman–Crippen LogP) is 4.73. The van der Waals surface area contributed by atoms with Crippen LogP contribution in [0.15, 0.2) is 40.9 Å². The first-order chi connectivity index (χ1) is 9.56. The van der Waals surface area contributed by atoms with E-state index in [-0.39, 0.29) is 10.0 Å². The first-order valence-corrected chi connectivity index (χ1v) is 7.27. The third-order valence-electron chi connectivity index (χ3n) is 3.28.